The lowest BCUT2D eigenvalue weighted by Crippen LogP contribution is -2.35. The number of pyridine rings is 1. The molecule has 32 heavy (non-hydrogen) atoms. The van der Waals surface area contributed by atoms with Gasteiger partial charge < -0.3 is 4.72 Å². The summed E-state index contributed by atoms with van der Waals surface area (Å²) in [5.74, 6) is 0. The number of aryl methyl sites for hydroxylation is 1. The third kappa shape index (κ3) is 4.90. The summed E-state index contributed by atoms with van der Waals surface area (Å²) in [5.41, 5.74) is 4.27. The van der Waals surface area contributed by atoms with Crippen LogP contribution in [-0.4, -0.2) is 8.42 Å². The Morgan fingerprint density at radius 3 is 2.19 bits per heavy atom. The molecule has 0 aliphatic rings. The normalized spacial score (nSPS) is 11.9. The van der Waals surface area contributed by atoms with Crippen molar-refractivity contribution in [2.24, 2.45) is 0 Å². The van der Waals surface area contributed by atoms with Gasteiger partial charge in [0.1, 0.15) is 10.0 Å². The maximum atomic E-state index is 12.9. The summed E-state index contributed by atoms with van der Waals surface area (Å²) in [7, 11) is -3.85. The van der Waals surface area contributed by atoms with Crippen molar-refractivity contribution < 1.29 is 13.0 Å². The van der Waals surface area contributed by atoms with Crippen molar-refractivity contribution in [3.05, 3.63) is 130 Å². The average Bonchev–Trinajstić information content (AvgIpc) is 2.81. The Morgan fingerprint density at radius 2 is 1.50 bits per heavy atom. The highest BCUT2D eigenvalue weighted by molar-refractivity contribution is 7.94. The number of hydrogen-bond acceptors (Lipinski definition) is 2. The fraction of sp³-hybridized carbons (Fsp3) is 0.0385. The van der Waals surface area contributed by atoms with Gasteiger partial charge in [0.05, 0.1) is 4.90 Å². The van der Waals surface area contributed by atoms with E-state index in [1.807, 2.05) is 90.5 Å². The molecule has 6 heteroatoms. The van der Waals surface area contributed by atoms with E-state index in [2.05, 4.69) is 4.72 Å². The predicted octanol–water partition coefficient (Wildman–Crippen LogP) is 6.21. The second-order valence-electron chi connectivity index (χ2n) is 7.24. The lowest BCUT2D eigenvalue weighted by atomic mass is 10.1. The molecule has 0 bridgehead atoms. The fourth-order valence-corrected chi connectivity index (χ4v) is 4.25. The summed E-state index contributed by atoms with van der Waals surface area (Å²) in [4.78, 5) is 0.155. The minimum atomic E-state index is -3.85. The zero-order chi connectivity index (χ0) is 22.6. The molecule has 0 amide bonds. The van der Waals surface area contributed by atoms with Gasteiger partial charge in [-0.1, -0.05) is 53.7 Å². The molecule has 0 radical (unpaired) electrons. The number of sulfonamides is 1. The van der Waals surface area contributed by atoms with Crippen molar-refractivity contribution in [3.8, 4) is 11.3 Å². The summed E-state index contributed by atoms with van der Waals surface area (Å²) < 4.78 is 31.7. The van der Waals surface area contributed by atoms with E-state index in [-0.39, 0.29) is 4.90 Å². The van der Waals surface area contributed by atoms with E-state index in [0.717, 1.165) is 22.4 Å². The molecule has 0 saturated carbocycles. The molecule has 0 saturated heterocycles. The van der Waals surface area contributed by atoms with Crippen LogP contribution in [0.15, 0.2) is 114 Å². The second kappa shape index (κ2) is 9.39. The fourth-order valence-electron chi connectivity index (χ4n) is 3.28. The summed E-state index contributed by atoms with van der Waals surface area (Å²) in [5, 5.41) is 0.647. The van der Waals surface area contributed by atoms with Crippen LogP contribution < -0.4 is 4.57 Å². The number of benzene rings is 3. The van der Waals surface area contributed by atoms with E-state index < -0.39 is 10.0 Å². The van der Waals surface area contributed by atoms with Crippen molar-refractivity contribution in [3.63, 3.8) is 0 Å². The molecule has 0 unspecified atom stereocenters. The van der Waals surface area contributed by atoms with Crippen LogP contribution in [0.25, 0.3) is 21.7 Å². The molecular weight excluding hydrogens is 440 g/mol. The van der Waals surface area contributed by atoms with Crippen molar-refractivity contribution in [1.82, 2.24) is 0 Å². The smallest absolute Gasteiger partial charge is 0.218 e. The molecule has 0 spiro atoms. The molecule has 4 aromatic rings. The van der Waals surface area contributed by atoms with Crippen LogP contribution in [0.2, 0.25) is 5.02 Å². The van der Waals surface area contributed by atoms with Gasteiger partial charge in [0.25, 0.3) is 0 Å². The van der Waals surface area contributed by atoms with Gasteiger partial charge in [-0.3, -0.25) is 0 Å². The lowest BCUT2D eigenvalue weighted by Gasteiger charge is -2.18. The van der Waals surface area contributed by atoms with E-state index in [1.165, 1.54) is 6.20 Å². The molecule has 0 N–H and O–H groups in total. The summed E-state index contributed by atoms with van der Waals surface area (Å²) in [6, 6.07) is 29.5. The third-order valence-corrected chi connectivity index (χ3v) is 6.46. The highest BCUT2D eigenvalue weighted by atomic mass is 35.5. The molecule has 4 nitrogen and oxygen atoms in total. The van der Waals surface area contributed by atoms with Crippen molar-refractivity contribution in [2.45, 2.75) is 11.8 Å². The largest absolute Gasteiger partial charge is 0.574 e. The first kappa shape index (κ1) is 21.8. The Kier molecular flexibility index (Phi) is 6.40. The lowest BCUT2D eigenvalue weighted by molar-refractivity contribution is -0.567. The van der Waals surface area contributed by atoms with E-state index in [4.69, 9.17) is 11.6 Å². The summed E-state index contributed by atoms with van der Waals surface area (Å²) >= 11 is 6.07. The minimum absolute atomic E-state index is 0.155. The highest BCUT2D eigenvalue weighted by Crippen LogP contribution is 2.24. The third-order valence-electron chi connectivity index (χ3n) is 4.96. The quantitative estimate of drug-likeness (QED) is 0.321. The SMILES string of the molecule is Cc1ccc(S(=O)(=O)[N-]/C=C(/c2ccccc2)[n+]2ccccc2-c2ccc(Cl)cc2)cc1. The number of halogens is 1. The Labute approximate surface area is 193 Å². The van der Waals surface area contributed by atoms with Crippen LogP contribution in [-0.2, 0) is 10.0 Å². The van der Waals surface area contributed by atoms with Crippen LogP contribution in [0.3, 0.4) is 0 Å². The van der Waals surface area contributed by atoms with Gasteiger partial charge in [0.2, 0.25) is 5.69 Å². The monoisotopic (exact) mass is 460 g/mol. The van der Waals surface area contributed by atoms with Gasteiger partial charge in [-0.05, 0) is 61.5 Å². The van der Waals surface area contributed by atoms with Crippen LogP contribution in [0.1, 0.15) is 11.1 Å². The highest BCUT2D eigenvalue weighted by Gasteiger charge is 2.18. The standard InChI is InChI=1S/C26H21ClN2O2S/c1-20-10-16-24(17-11-20)32(30,31)28-19-26(21-7-3-2-4-8-21)29-18-6-5-9-25(29)22-12-14-23(27)15-13-22/h2-19H,1H3/b26-19-. The Bertz CT molecular complexity index is 1350. The molecule has 0 aliphatic heterocycles. The Hall–Kier alpha value is -3.41. The Morgan fingerprint density at radius 1 is 0.844 bits per heavy atom. The molecule has 160 valence electrons. The Balaban J connectivity index is 1.81. The molecule has 0 fully saturated rings. The van der Waals surface area contributed by atoms with Crippen LogP contribution in [0, 0.1) is 6.92 Å². The maximum Gasteiger partial charge on any atom is 0.218 e. The van der Waals surface area contributed by atoms with Gasteiger partial charge in [-0.15, -0.1) is 0 Å². The van der Waals surface area contributed by atoms with E-state index >= 15 is 0 Å². The molecule has 1 aromatic heterocycles. The first-order valence-electron chi connectivity index (χ1n) is 10.0. The van der Waals surface area contributed by atoms with Crippen LogP contribution >= 0.6 is 11.6 Å². The molecular formula is C26H21ClN2O2S. The average molecular weight is 461 g/mol. The van der Waals surface area contributed by atoms with Gasteiger partial charge in [-0.2, -0.15) is 4.57 Å². The van der Waals surface area contributed by atoms with Crippen molar-refractivity contribution >= 4 is 27.3 Å². The minimum Gasteiger partial charge on any atom is -0.574 e. The molecule has 1 heterocycles. The van der Waals surface area contributed by atoms with Gasteiger partial charge in [0, 0.05) is 28.3 Å². The molecule has 0 aliphatic carbocycles. The number of rotatable bonds is 6. The number of aromatic nitrogens is 1. The van der Waals surface area contributed by atoms with Gasteiger partial charge in [-0.25, -0.2) is 8.42 Å². The van der Waals surface area contributed by atoms with Crippen LogP contribution in [0.4, 0.5) is 0 Å². The first-order valence-corrected chi connectivity index (χ1v) is 11.8. The number of hydrogen-bond donors (Lipinski definition) is 0. The predicted molar refractivity (Wildman–Crippen MR) is 129 cm³/mol. The number of nitrogens with zero attached hydrogens (tertiary/aromatic N) is 2. The topological polar surface area (TPSA) is 52.1 Å². The summed E-state index contributed by atoms with van der Waals surface area (Å²) in [6.45, 7) is 1.91. The van der Waals surface area contributed by atoms with Crippen molar-refractivity contribution in [1.29, 1.82) is 0 Å². The maximum absolute atomic E-state index is 12.9. The molecule has 0 atom stereocenters. The molecule has 3 aromatic carbocycles. The van der Waals surface area contributed by atoms with E-state index in [0.29, 0.717) is 10.7 Å². The second-order valence-corrected chi connectivity index (χ2v) is 9.31. The molecule has 4 rings (SSSR count). The van der Waals surface area contributed by atoms with Crippen molar-refractivity contribution in [2.75, 3.05) is 0 Å². The van der Waals surface area contributed by atoms with Gasteiger partial charge >= 0.3 is 0 Å². The van der Waals surface area contributed by atoms with Gasteiger partial charge in [0.15, 0.2) is 11.9 Å². The van der Waals surface area contributed by atoms with E-state index in [9.17, 15) is 8.42 Å². The first-order chi connectivity index (χ1) is 15.4. The van der Waals surface area contributed by atoms with Crippen LogP contribution in [0.5, 0.6) is 0 Å². The summed E-state index contributed by atoms with van der Waals surface area (Å²) in [6.07, 6.45) is 3.29. The zero-order valence-electron chi connectivity index (χ0n) is 17.4. The zero-order valence-corrected chi connectivity index (χ0v) is 19.0. The van der Waals surface area contributed by atoms with E-state index in [1.54, 1.807) is 24.3 Å².